The third-order valence-corrected chi connectivity index (χ3v) is 19.1. The zero-order valence-electron chi connectivity index (χ0n) is 43.2. The van der Waals surface area contributed by atoms with E-state index in [9.17, 15) is 0 Å². The molecule has 68 heavy (non-hydrogen) atoms. The van der Waals surface area contributed by atoms with Gasteiger partial charge in [-0.3, -0.25) is 0 Å². The van der Waals surface area contributed by atoms with Gasteiger partial charge in [0, 0.05) is 62.4 Å². The molecule has 0 saturated heterocycles. The maximum Gasteiger partial charge on any atom is 0.252 e. The van der Waals surface area contributed by atoms with Gasteiger partial charge >= 0.3 is 0 Å². The Morgan fingerprint density at radius 3 is 1.99 bits per heavy atom. The molecule has 3 aliphatic carbocycles. The highest BCUT2D eigenvalue weighted by Gasteiger charge is 2.58. The van der Waals surface area contributed by atoms with Gasteiger partial charge in [-0.25, -0.2) is 0 Å². The number of aromatic nitrogens is 1. The lowest BCUT2D eigenvalue weighted by molar-refractivity contribution is 0.195. The van der Waals surface area contributed by atoms with Crippen molar-refractivity contribution in [1.82, 2.24) is 4.57 Å². The van der Waals surface area contributed by atoms with Gasteiger partial charge in [-0.2, -0.15) is 0 Å². The third kappa shape index (κ3) is 5.44. The molecule has 13 rings (SSSR count). The van der Waals surface area contributed by atoms with Gasteiger partial charge in [-0.15, -0.1) is 0 Å². The summed E-state index contributed by atoms with van der Waals surface area (Å²) < 4.78 is 2.75. The summed E-state index contributed by atoms with van der Waals surface area (Å²) in [6, 6.07) is 42.2. The molecule has 1 aromatic heterocycles. The summed E-state index contributed by atoms with van der Waals surface area (Å²) in [6.45, 7) is 31.9. The van der Waals surface area contributed by atoms with Gasteiger partial charge in [0.2, 0.25) is 0 Å². The highest BCUT2D eigenvalue weighted by molar-refractivity contribution is 7.00. The van der Waals surface area contributed by atoms with Crippen molar-refractivity contribution in [3.63, 3.8) is 0 Å². The van der Waals surface area contributed by atoms with Crippen LogP contribution in [0.2, 0.25) is 0 Å². The first kappa shape index (κ1) is 42.6. The first-order chi connectivity index (χ1) is 32.1. The van der Waals surface area contributed by atoms with Crippen LogP contribution >= 0.6 is 0 Å². The Labute approximate surface area is 407 Å². The number of rotatable bonds is 2. The standard InChI is InChI=1S/C64H70BN3/c1-38-31-46-47(62(10,11)30-29-61(46,8)9)37-52(38)66-53-34-41(60(5,6)7)23-25-49(53)65-50-22-18-21-44-45-32-39-19-14-15-20-43(39)57(45)67(58(44)50)55-36-42(35-54(66)56(55)65)68-51-26-24-40(59(2,3)4)33-48(51)63(12)27-16-17-28-64(63,68)13/h14-15,18-26,31,33-37H,16-17,27-30,32H2,1-13H3. The Balaban J connectivity index is 1.18. The molecule has 2 unspecified atom stereocenters. The van der Waals surface area contributed by atoms with E-state index in [1.807, 2.05) is 0 Å². The fraction of sp³-hybridized carbons (Fsp3) is 0.406. The van der Waals surface area contributed by atoms with E-state index in [0.29, 0.717) is 0 Å². The van der Waals surface area contributed by atoms with Crippen molar-refractivity contribution in [3.8, 4) is 16.9 Å². The second-order valence-corrected chi connectivity index (χ2v) is 26.0. The predicted molar refractivity (Wildman–Crippen MR) is 291 cm³/mol. The van der Waals surface area contributed by atoms with E-state index in [2.05, 4.69) is 208 Å². The number of aryl methyl sites for hydroxylation is 1. The zero-order chi connectivity index (χ0) is 47.4. The van der Waals surface area contributed by atoms with E-state index < -0.39 is 0 Å². The summed E-state index contributed by atoms with van der Waals surface area (Å²) in [5.41, 5.74) is 28.2. The minimum absolute atomic E-state index is 0.00633. The molecule has 7 aromatic rings. The Morgan fingerprint density at radius 1 is 0.559 bits per heavy atom. The molecule has 4 heteroatoms. The number of hydrogen-bond donors (Lipinski definition) is 0. The minimum Gasteiger partial charge on any atom is -0.334 e. The smallest absolute Gasteiger partial charge is 0.252 e. The number of hydrogen-bond acceptors (Lipinski definition) is 2. The van der Waals surface area contributed by atoms with Gasteiger partial charge in [0.1, 0.15) is 0 Å². The number of benzene rings is 6. The monoisotopic (exact) mass is 892 g/mol. The lowest BCUT2D eigenvalue weighted by Gasteiger charge is -2.51. The molecular weight excluding hydrogens is 822 g/mol. The van der Waals surface area contributed by atoms with E-state index >= 15 is 0 Å². The van der Waals surface area contributed by atoms with E-state index in [1.165, 1.54) is 149 Å². The van der Waals surface area contributed by atoms with Crippen LogP contribution in [0.5, 0.6) is 0 Å². The number of nitrogens with zero attached hydrogens (tertiary/aromatic N) is 3. The molecule has 4 heterocycles. The minimum atomic E-state index is -0.105. The molecule has 1 fully saturated rings. The van der Waals surface area contributed by atoms with Crippen LogP contribution in [-0.4, -0.2) is 16.8 Å². The number of anilines is 5. The summed E-state index contributed by atoms with van der Waals surface area (Å²) in [5, 5.41) is 1.41. The predicted octanol–water partition coefficient (Wildman–Crippen LogP) is 14.8. The van der Waals surface area contributed by atoms with Crippen molar-refractivity contribution in [2.75, 3.05) is 9.80 Å². The first-order valence-corrected chi connectivity index (χ1v) is 26.1. The maximum atomic E-state index is 2.86. The number of fused-ring (bicyclic) bond motifs is 13. The summed E-state index contributed by atoms with van der Waals surface area (Å²) in [4.78, 5) is 5.63. The van der Waals surface area contributed by atoms with Crippen LogP contribution in [0.3, 0.4) is 0 Å². The van der Waals surface area contributed by atoms with Crippen molar-refractivity contribution < 1.29 is 0 Å². The van der Waals surface area contributed by atoms with Crippen molar-refractivity contribution in [2.45, 2.75) is 168 Å². The molecule has 1 saturated carbocycles. The first-order valence-electron chi connectivity index (χ1n) is 26.1. The van der Waals surface area contributed by atoms with E-state index in [-0.39, 0.29) is 39.3 Å². The van der Waals surface area contributed by atoms with Crippen LogP contribution in [0.1, 0.15) is 166 Å². The molecule has 0 radical (unpaired) electrons. The Bertz CT molecular complexity index is 3360. The van der Waals surface area contributed by atoms with Crippen molar-refractivity contribution in [1.29, 1.82) is 0 Å². The Morgan fingerprint density at radius 2 is 1.24 bits per heavy atom. The van der Waals surface area contributed by atoms with Gasteiger partial charge < -0.3 is 14.4 Å². The molecule has 6 aromatic carbocycles. The van der Waals surface area contributed by atoms with Gasteiger partial charge in [-0.05, 0) is 152 Å². The Kier molecular flexibility index (Phi) is 8.42. The normalized spacial score (nSPS) is 22.3. The van der Waals surface area contributed by atoms with Crippen LogP contribution in [0.4, 0.5) is 28.4 Å². The van der Waals surface area contributed by atoms with Crippen molar-refractivity contribution in [3.05, 3.63) is 148 Å². The quantitative estimate of drug-likeness (QED) is 0.160. The molecular formula is C64H70BN3. The average Bonchev–Trinajstić information content (AvgIpc) is 3.89. The van der Waals surface area contributed by atoms with Crippen LogP contribution in [-0.2, 0) is 33.5 Å². The van der Waals surface area contributed by atoms with Crippen molar-refractivity contribution >= 4 is 62.4 Å². The topological polar surface area (TPSA) is 11.4 Å². The fourth-order valence-electron chi connectivity index (χ4n) is 14.7. The molecule has 0 amide bonds. The molecule has 3 nitrogen and oxygen atoms in total. The van der Waals surface area contributed by atoms with Gasteiger partial charge in [-0.1, -0.05) is 162 Å². The lowest BCUT2D eigenvalue weighted by Crippen LogP contribution is -2.61. The van der Waals surface area contributed by atoms with Gasteiger partial charge in [0.15, 0.2) is 0 Å². The molecule has 0 spiro atoms. The second kappa shape index (κ2) is 13.4. The average molecular weight is 892 g/mol. The zero-order valence-corrected chi connectivity index (χ0v) is 43.2. The van der Waals surface area contributed by atoms with Crippen LogP contribution in [0.15, 0.2) is 103 Å². The largest absolute Gasteiger partial charge is 0.334 e. The van der Waals surface area contributed by atoms with E-state index in [1.54, 1.807) is 0 Å². The molecule has 6 aliphatic rings. The van der Waals surface area contributed by atoms with Gasteiger partial charge in [0.05, 0.1) is 11.2 Å². The number of para-hydroxylation sites is 1. The summed E-state index contributed by atoms with van der Waals surface area (Å²) >= 11 is 0. The van der Waals surface area contributed by atoms with Crippen LogP contribution in [0.25, 0.3) is 27.8 Å². The van der Waals surface area contributed by atoms with Crippen molar-refractivity contribution in [2.24, 2.45) is 0 Å². The molecule has 2 atom stereocenters. The summed E-state index contributed by atoms with van der Waals surface area (Å²) in [7, 11) is 0. The molecule has 0 bridgehead atoms. The molecule has 3 aliphatic heterocycles. The summed E-state index contributed by atoms with van der Waals surface area (Å²) in [5.74, 6) is 0. The Hall–Kier alpha value is -5.48. The SMILES string of the molecule is Cc1cc2c(cc1N1c3cc(C(C)(C)C)ccc3B3c4c1cc(N1c5ccc(C(C)(C)C)cc5C5(C)CCCCC15C)cc4-n1c4c(c5cccc3c51)Cc1ccccc1-4)C(C)(C)CCC2(C)C. The molecule has 344 valence electrons. The van der Waals surface area contributed by atoms with Crippen LogP contribution in [0, 0.1) is 6.92 Å². The fourth-order valence-corrected chi connectivity index (χ4v) is 14.7. The summed E-state index contributed by atoms with van der Waals surface area (Å²) in [6.07, 6.45) is 8.23. The second-order valence-electron chi connectivity index (χ2n) is 26.0. The lowest BCUT2D eigenvalue weighted by atomic mass is 9.33. The third-order valence-electron chi connectivity index (χ3n) is 19.1. The maximum absolute atomic E-state index is 2.86. The molecule has 0 N–H and O–H groups in total. The van der Waals surface area contributed by atoms with Gasteiger partial charge in [0.25, 0.3) is 6.71 Å². The highest BCUT2D eigenvalue weighted by atomic mass is 15.3. The van der Waals surface area contributed by atoms with E-state index in [0.717, 1.165) is 12.8 Å². The highest BCUT2D eigenvalue weighted by Crippen LogP contribution is 2.62. The van der Waals surface area contributed by atoms with E-state index in [4.69, 9.17) is 0 Å². The van der Waals surface area contributed by atoms with Crippen LogP contribution < -0.4 is 26.2 Å².